The number of benzene rings is 1. The molecule has 0 saturated carbocycles. The van der Waals surface area contributed by atoms with Crippen molar-refractivity contribution < 1.29 is 9.59 Å². The summed E-state index contributed by atoms with van der Waals surface area (Å²) >= 11 is 13.7. The second-order valence-corrected chi connectivity index (χ2v) is 8.52. The molecule has 3 heterocycles. The van der Waals surface area contributed by atoms with E-state index in [0.29, 0.717) is 40.1 Å². The monoisotopic (exact) mass is 435 g/mol. The lowest BCUT2D eigenvalue weighted by Gasteiger charge is -2.35. The zero-order valence-corrected chi connectivity index (χ0v) is 17.7. The van der Waals surface area contributed by atoms with Gasteiger partial charge in [0.1, 0.15) is 5.70 Å². The Morgan fingerprint density at radius 1 is 1.00 bits per heavy atom. The molecule has 1 saturated heterocycles. The van der Waals surface area contributed by atoms with Gasteiger partial charge in [-0.05, 0) is 36.2 Å². The van der Waals surface area contributed by atoms with Crippen LogP contribution >= 0.6 is 34.5 Å². The van der Waals surface area contributed by atoms with E-state index in [9.17, 15) is 9.59 Å². The van der Waals surface area contributed by atoms with Gasteiger partial charge in [0.2, 0.25) is 0 Å². The fraction of sp³-hybridized carbons (Fsp3) is 0.300. The Hall–Kier alpha value is -1.86. The summed E-state index contributed by atoms with van der Waals surface area (Å²) in [4.78, 5) is 33.1. The van der Waals surface area contributed by atoms with Crippen LogP contribution in [0.4, 0.5) is 5.69 Å². The predicted octanol–water partition coefficient (Wildman–Crippen LogP) is 3.98. The number of imide groups is 1. The Kier molecular flexibility index (Phi) is 5.47. The number of rotatable bonds is 4. The quantitative estimate of drug-likeness (QED) is 0.681. The van der Waals surface area contributed by atoms with Gasteiger partial charge in [0.05, 0.1) is 11.3 Å². The molecule has 0 atom stereocenters. The van der Waals surface area contributed by atoms with Crippen LogP contribution in [-0.2, 0) is 9.59 Å². The van der Waals surface area contributed by atoms with Gasteiger partial charge in [-0.15, -0.1) is 11.3 Å². The highest BCUT2D eigenvalue weighted by atomic mass is 35.5. The molecule has 28 heavy (non-hydrogen) atoms. The minimum absolute atomic E-state index is 0.323. The molecule has 0 aliphatic carbocycles. The van der Waals surface area contributed by atoms with E-state index in [4.69, 9.17) is 23.2 Å². The van der Waals surface area contributed by atoms with Crippen molar-refractivity contribution in [2.45, 2.75) is 6.92 Å². The highest BCUT2D eigenvalue weighted by Crippen LogP contribution is 2.38. The number of hydrogen-bond acceptors (Lipinski definition) is 5. The van der Waals surface area contributed by atoms with Crippen LogP contribution in [0.3, 0.4) is 0 Å². The summed E-state index contributed by atoms with van der Waals surface area (Å²) in [6.07, 6.45) is 0. The number of nitrogens with zero attached hydrogens (tertiary/aromatic N) is 3. The van der Waals surface area contributed by atoms with Gasteiger partial charge in [-0.1, -0.05) is 36.2 Å². The summed E-state index contributed by atoms with van der Waals surface area (Å²) in [5.74, 6) is -0.657. The van der Waals surface area contributed by atoms with Crippen LogP contribution in [0.1, 0.15) is 11.8 Å². The second-order valence-electron chi connectivity index (χ2n) is 6.70. The van der Waals surface area contributed by atoms with Crippen molar-refractivity contribution in [2.24, 2.45) is 0 Å². The molecule has 0 spiro atoms. The first-order valence-corrected chi connectivity index (χ1v) is 10.7. The maximum Gasteiger partial charge on any atom is 0.282 e. The Labute approximate surface area is 177 Å². The Balaban J connectivity index is 1.76. The largest absolute Gasteiger partial charge is 0.364 e. The zero-order valence-electron chi connectivity index (χ0n) is 15.3. The average Bonchev–Trinajstić information content (AvgIpc) is 3.27. The van der Waals surface area contributed by atoms with E-state index in [1.165, 1.54) is 16.2 Å². The van der Waals surface area contributed by atoms with Gasteiger partial charge in [0.25, 0.3) is 11.8 Å². The van der Waals surface area contributed by atoms with Crippen LogP contribution < -0.4 is 4.90 Å². The Morgan fingerprint density at radius 3 is 2.25 bits per heavy atom. The smallest absolute Gasteiger partial charge is 0.282 e. The number of anilines is 1. The molecule has 0 bridgehead atoms. The topological polar surface area (TPSA) is 43.9 Å². The van der Waals surface area contributed by atoms with Gasteiger partial charge in [0.15, 0.2) is 0 Å². The molecule has 2 aromatic rings. The number of likely N-dealkylation sites (N-methyl/N-ethyl adjacent to an activating group) is 1. The fourth-order valence-corrected chi connectivity index (χ4v) is 4.92. The van der Waals surface area contributed by atoms with Crippen molar-refractivity contribution in [3.8, 4) is 0 Å². The van der Waals surface area contributed by atoms with E-state index >= 15 is 0 Å². The summed E-state index contributed by atoms with van der Waals surface area (Å²) in [6, 6.07) is 8.52. The van der Waals surface area contributed by atoms with Gasteiger partial charge in [0, 0.05) is 41.1 Å². The van der Waals surface area contributed by atoms with Gasteiger partial charge in [-0.25, -0.2) is 4.90 Å². The lowest BCUT2D eigenvalue weighted by Crippen LogP contribution is -2.47. The van der Waals surface area contributed by atoms with Gasteiger partial charge in [-0.3, -0.25) is 9.59 Å². The summed E-state index contributed by atoms with van der Waals surface area (Å²) in [7, 11) is 0. The van der Waals surface area contributed by atoms with Crippen LogP contribution in [0.15, 0.2) is 41.4 Å². The molecule has 1 fully saturated rings. The van der Waals surface area contributed by atoms with Crippen molar-refractivity contribution in [3.63, 3.8) is 0 Å². The van der Waals surface area contributed by atoms with Gasteiger partial charge in [-0.2, -0.15) is 0 Å². The molecule has 0 N–H and O–H groups in total. The van der Waals surface area contributed by atoms with Crippen molar-refractivity contribution in [1.29, 1.82) is 0 Å². The lowest BCUT2D eigenvalue weighted by molar-refractivity contribution is -0.120. The molecule has 2 aliphatic rings. The molecule has 4 rings (SSSR count). The molecule has 5 nitrogen and oxygen atoms in total. The predicted molar refractivity (Wildman–Crippen MR) is 114 cm³/mol. The number of carbonyl (C=O) groups is 2. The first kappa shape index (κ1) is 19.5. The first-order chi connectivity index (χ1) is 13.5. The Bertz CT molecular complexity index is 930. The minimum Gasteiger partial charge on any atom is -0.364 e. The lowest BCUT2D eigenvalue weighted by atomic mass is 10.1. The number of piperazine rings is 1. The van der Waals surface area contributed by atoms with E-state index in [1.807, 2.05) is 22.4 Å². The molecule has 2 amide bonds. The number of halogens is 2. The second kappa shape index (κ2) is 7.87. The molecule has 8 heteroatoms. The number of amides is 2. The maximum atomic E-state index is 13.4. The fourth-order valence-electron chi connectivity index (χ4n) is 3.65. The number of hydrogen-bond donors (Lipinski definition) is 0. The molecule has 0 radical (unpaired) electrons. The Morgan fingerprint density at radius 2 is 1.68 bits per heavy atom. The van der Waals surface area contributed by atoms with Crippen LogP contribution in [0.25, 0.3) is 5.57 Å². The van der Waals surface area contributed by atoms with Crippen LogP contribution in [0.2, 0.25) is 10.0 Å². The highest BCUT2D eigenvalue weighted by molar-refractivity contribution is 7.11. The first-order valence-electron chi connectivity index (χ1n) is 9.10. The summed E-state index contributed by atoms with van der Waals surface area (Å²) in [5.41, 5.74) is 1.32. The van der Waals surface area contributed by atoms with Gasteiger partial charge >= 0.3 is 0 Å². The van der Waals surface area contributed by atoms with Gasteiger partial charge < -0.3 is 9.80 Å². The molecule has 1 aromatic heterocycles. The van der Waals surface area contributed by atoms with Crippen LogP contribution in [0, 0.1) is 0 Å². The summed E-state index contributed by atoms with van der Waals surface area (Å²) in [5, 5.41) is 2.67. The molecule has 146 valence electrons. The molecule has 1 aromatic carbocycles. The third-order valence-corrected chi connectivity index (χ3v) is 6.39. The van der Waals surface area contributed by atoms with Crippen molar-refractivity contribution >= 4 is 57.6 Å². The number of thiophene rings is 1. The minimum atomic E-state index is -0.335. The van der Waals surface area contributed by atoms with E-state index in [2.05, 4.69) is 11.8 Å². The standard InChI is InChI=1S/C20H19Cl2N3O2S/c1-2-23-5-7-24(8-6-23)18-17(16-4-3-9-28-16)19(26)25(20(18)27)15-11-13(21)10-14(22)12-15/h3-4,9-12H,2,5-8H2,1H3. The third-order valence-electron chi connectivity index (χ3n) is 5.07. The summed E-state index contributed by atoms with van der Waals surface area (Å²) < 4.78 is 0. The third kappa shape index (κ3) is 3.46. The molecule has 0 unspecified atom stereocenters. The van der Waals surface area contributed by atoms with E-state index in [1.54, 1.807) is 18.2 Å². The summed E-state index contributed by atoms with van der Waals surface area (Å²) in [6.45, 7) is 6.25. The van der Waals surface area contributed by atoms with E-state index < -0.39 is 0 Å². The van der Waals surface area contributed by atoms with Crippen LogP contribution in [0.5, 0.6) is 0 Å². The zero-order chi connectivity index (χ0) is 19.8. The van der Waals surface area contributed by atoms with Crippen molar-refractivity contribution in [1.82, 2.24) is 9.80 Å². The van der Waals surface area contributed by atoms with E-state index in [0.717, 1.165) is 24.5 Å². The maximum absolute atomic E-state index is 13.4. The molecular formula is C20H19Cl2N3O2S. The van der Waals surface area contributed by atoms with Crippen molar-refractivity contribution in [3.05, 3.63) is 56.3 Å². The average molecular weight is 436 g/mol. The number of carbonyl (C=O) groups excluding carboxylic acids is 2. The van der Waals surface area contributed by atoms with E-state index in [-0.39, 0.29) is 11.8 Å². The van der Waals surface area contributed by atoms with Crippen molar-refractivity contribution in [2.75, 3.05) is 37.6 Å². The normalized spacial score (nSPS) is 18.5. The molecule has 2 aliphatic heterocycles. The highest BCUT2D eigenvalue weighted by Gasteiger charge is 2.43. The SMILES string of the molecule is CCN1CCN(C2=C(c3cccs3)C(=O)N(c3cc(Cl)cc(Cl)c3)C2=O)CC1. The molecular weight excluding hydrogens is 417 g/mol. The van der Waals surface area contributed by atoms with Crippen LogP contribution in [-0.4, -0.2) is 54.3 Å².